The van der Waals surface area contributed by atoms with Gasteiger partial charge in [0, 0.05) is 61.8 Å². The van der Waals surface area contributed by atoms with Gasteiger partial charge in [0.15, 0.2) is 0 Å². The van der Waals surface area contributed by atoms with Crippen molar-refractivity contribution in [2.24, 2.45) is 0 Å². The first-order valence-electron chi connectivity index (χ1n) is 18.3. The van der Waals surface area contributed by atoms with Crippen molar-refractivity contribution in [3.8, 4) is 17.3 Å². The molecule has 7 heteroatoms. The molecule has 0 aliphatic carbocycles. The van der Waals surface area contributed by atoms with Crippen LogP contribution in [-0.4, -0.2) is 14.5 Å². The fraction of sp³-hybridized carbons (Fsp3) is 0.255. The van der Waals surface area contributed by atoms with E-state index in [0.717, 1.165) is 50.5 Å². The van der Waals surface area contributed by atoms with Gasteiger partial charge in [0.25, 0.3) is 0 Å². The number of anilines is 4. The monoisotopic (exact) mass is 891 g/mol. The second kappa shape index (κ2) is 13.7. The van der Waals surface area contributed by atoms with Crippen molar-refractivity contribution in [1.29, 1.82) is 0 Å². The van der Waals surface area contributed by atoms with Crippen molar-refractivity contribution in [2.45, 2.75) is 78.6 Å². The van der Waals surface area contributed by atoms with Gasteiger partial charge in [-0.1, -0.05) is 98.2 Å². The summed E-state index contributed by atoms with van der Waals surface area (Å²) in [6.07, 6.45) is 3.92. The molecule has 54 heavy (non-hydrogen) atoms. The summed E-state index contributed by atoms with van der Waals surface area (Å²) >= 11 is 0. The number of nitrogens with zero attached hydrogens (tertiary/aromatic N) is 5. The minimum Gasteiger partial charge on any atom is -0.509 e. The van der Waals surface area contributed by atoms with Crippen LogP contribution in [0.15, 0.2) is 109 Å². The third-order valence-corrected chi connectivity index (χ3v) is 10.0. The Kier molecular flexibility index (Phi) is 9.51. The van der Waals surface area contributed by atoms with Crippen LogP contribution in [0.4, 0.5) is 22.9 Å². The molecule has 0 fully saturated rings. The quantitative estimate of drug-likeness (QED) is 0.161. The van der Waals surface area contributed by atoms with E-state index in [1.807, 2.05) is 30.6 Å². The molecule has 1 aliphatic heterocycles. The molecule has 0 saturated heterocycles. The smallest absolute Gasteiger partial charge is 0.135 e. The van der Waals surface area contributed by atoms with E-state index in [4.69, 9.17) is 14.7 Å². The Hall–Kier alpha value is -4.93. The van der Waals surface area contributed by atoms with Crippen LogP contribution in [0.1, 0.15) is 79.0 Å². The maximum Gasteiger partial charge on any atom is 0.135 e. The molecule has 7 aromatic rings. The number of ether oxygens (including phenoxy) is 1. The summed E-state index contributed by atoms with van der Waals surface area (Å²) in [5.41, 5.74) is 8.46. The van der Waals surface area contributed by atoms with Crippen molar-refractivity contribution in [1.82, 2.24) is 14.5 Å². The minimum absolute atomic E-state index is 0. The number of fused-ring (bicyclic) bond motifs is 4. The summed E-state index contributed by atoms with van der Waals surface area (Å²) in [5.74, 6) is 2.98. The van der Waals surface area contributed by atoms with Gasteiger partial charge in [0.05, 0.1) is 0 Å². The number of para-hydroxylation sites is 3. The molecule has 4 aromatic carbocycles. The molecule has 3 aromatic heterocycles. The van der Waals surface area contributed by atoms with E-state index >= 15 is 0 Å². The molecule has 0 bridgehead atoms. The van der Waals surface area contributed by atoms with E-state index in [1.54, 1.807) is 0 Å². The van der Waals surface area contributed by atoms with Gasteiger partial charge < -0.3 is 19.1 Å². The molecule has 0 spiro atoms. The molecule has 278 valence electrons. The number of pyridine rings is 2. The van der Waals surface area contributed by atoms with Crippen LogP contribution in [0.2, 0.25) is 0 Å². The third-order valence-electron chi connectivity index (χ3n) is 10.0. The molecule has 0 saturated carbocycles. The van der Waals surface area contributed by atoms with E-state index < -0.39 is 0 Å². The van der Waals surface area contributed by atoms with E-state index in [9.17, 15) is 0 Å². The molecule has 1 aliphatic rings. The van der Waals surface area contributed by atoms with Gasteiger partial charge in [-0.05, 0) is 74.7 Å². The fourth-order valence-electron chi connectivity index (χ4n) is 7.02. The molecule has 6 nitrogen and oxygen atoms in total. The van der Waals surface area contributed by atoms with Gasteiger partial charge in [-0.3, -0.25) is 0 Å². The number of hydrogen-bond donors (Lipinski definition) is 0. The van der Waals surface area contributed by atoms with Gasteiger partial charge >= 0.3 is 0 Å². The van der Waals surface area contributed by atoms with E-state index in [-0.39, 0.29) is 37.3 Å². The Morgan fingerprint density at radius 2 is 1.30 bits per heavy atom. The van der Waals surface area contributed by atoms with Gasteiger partial charge in [0.2, 0.25) is 0 Å². The Morgan fingerprint density at radius 3 is 2.02 bits per heavy atom. The van der Waals surface area contributed by atoms with Crippen LogP contribution in [0.5, 0.6) is 11.5 Å². The SMILES string of the molecule is CC(C)(C)c1ccnc(-n2c3[c-]c(Oc4[c-]c(N5[CH-]N(c6ncc(C(C)(C)C)cc6C(C)(C)C)c6ccccc65)ccc4)ccc3c3ccccc32)c1.[Pt]. The molecule has 0 N–H and O–H groups in total. The third kappa shape index (κ3) is 6.82. The molecular formula is C47H46N5OPt-3. The predicted molar refractivity (Wildman–Crippen MR) is 218 cm³/mol. The van der Waals surface area contributed by atoms with Crippen molar-refractivity contribution in [3.05, 3.63) is 145 Å². The average Bonchev–Trinajstić information content (AvgIpc) is 3.66. The normalized spacial score (nSPS) is 13.4. The average molecular weight is 892 g/mol. The van der Waals surface area contributed by atoms with Crippen LogP contribution in [-0.2, 0) is 37.3 Å². The molecular weight excluding hydrogens is 846 g/mol. The van der Waals surface area contributed by atoms with Crippen LogP contribution in [0.25, 0.3) is 27.6 Å². The van der Waals surface area contributed by atoms with Gasteiger partial charge in [-0.25, -0.2) is 9.97 Å². The van der Waals surface area contributed by atoms with Crippen LogP contribution in [0, 0.1) is 18.8 Å². The maximum atomic E-state index is 6.55. The molecule has 8 rings (SSSR count). The van der Waals surface area contributed by atoms with Crippen molar-refractivity contribution < 1.29 is 25.8 Å². The maximum absolute atomic E-state index is 6.55. The summed E-state index contributed by atoms with van der Waals surface area (Å²) in [6, 6.07) is 40.7. The van der Waals surface area contributed by atoms with Gasteiger partial charge in [0.1, 0.15) is 11.6 Å². The van der Waals surface area contributed by atoms with Crippen molar-refractivity contribution >= 4 is 44.7 Å². The summed E-state index contributed by atoms with van der Waals surface area (Å²) in [6.45, 7) is 22.2. The zero-order valence-electron chi connectivity index (χ0n) is 32.4. The zero-order chi connectivity index (χ0) is 37.3. The van der Waals surface area contributed by atoms with Crippen LogP contribution >= 0.6 is 0 Å². The molecule has 0 atom stereocenters. The van der Waals surface area contributed by atoms with E-state index in [0.29, 0.717) is 11.5 Å². The first kappa shape index (κ1) is 37.4. The molecule has 0 unspecified atom stereocenters. The van der Waals surface area contributed by atoms with Crippen LogP contribution < -0.4 is 14.5 Å². The summed E-state index contributed by atoms with van der Waals surface area (Å²) in [7, 11) is 0. The van der Waals surface area contributed by atoms with Crippen molar-refractivity contribution in [2.75, 3.05) is 9.80 Å². The van der Waals surface area contributed by atoms with E-state index in [2.05, 4.69) is 174 Å². The van der Waals surface area contributed by atoms with Gasteiger partial charge in [-0.2, -0.15) is 12.1 Å². The first-order chi connectivity index (χ1) is 25.2. The first-order valence-corrected chi connectivity index (χ1v) is 18.3. The van der Waals surface area contributed by atoms with Crippen LogP contribution in [0.3, 0.4) is 0 Å². The minimum atomic E-state index is -0.117. The number of aromatic nitrogens is 3. The summed E-state index contributed by atoms with van der Waals surface area (Å²) in [4.78, 5) is 14.3. The second-order valence-corrected chi connectivity index (χ2v) is 17.0. The van der Waals surface area contributed by atoms with Crippen molar-refractivity contribution in [3.63, 3.8) is 0 Å². The number of rotatable bonds is 5. The fourth-order valence-corrected chi connectivity index (χ4v) is 7.02. The largest absolute Gasteiger partial charge is 0.509 e. The van der Waals surface area contributed by atoms with E-state index in [1.165, 1.54) is 16.7 Å². The number of hydrogen-bond acceptors (Lipinski definition) is 5. The van der Waals surface area contributed by atoms with Gasteiger partial charge in [-0.15, -0.1) is 48.1 Å². The number of benzene rings is 4. The molecule has 4 heterocycles. The summed E-state index contributed by atoms with van der Waals surface area (Å²) in [5, 5.41) is 2.24. The Morgan fingerprint density at radius 1 is 0.611 bits per heavy atom. The topological polar surface area (TPSA) is 46.4 Å². The Balaban J connectivity index is 0.00000450. The predicted octanol–water partition coefficient (Wildman–Crippen LogP) is 12.3. The Bertz CT molecular complexity index is 2500. The molecule has 0 amide bonds. The summed E-state index contributed by atoms with van der Waals surface area (Å²) < 4.78 is 8.73. The molecule has 0 radical (unpaired) electrons. The standard InChI is InChI=1S/C47H46N5O.Pt/c1-45(2,3)31-23-24-48-43(26-31)52-39-18-11-10-17-36(39)37-22-21-35(28-42(37)52)53-34-16-14-15-33(27-34)50-30-51(41-20-13-12-19-40(41)50)44-38(47(7,8)9)25-32(29-49-44)46(4,5)6;/h10-26,29-30H,1-9H3;/q-3;. The second-order valence-electron chi connectivity index (χ2n) is 17.0. The zero-order valence-corrected chi connectivity index (χ0v) is 34.7. The Labute approximate surface area is 334 Å².